The molecule has 0 aromatic carbocycles. The molecule has 2 N–H and O–H groups in total. The summed E-state index contributed by atoms with van der Waals surface area (Å²) in [7, 11) is 6.15. The van der Waals surface area contributed by atoms with Crippen molar-refractivity contribution in [3.05, 3.63) is 12.2 Å². The molecule has 0 saturated carbocycles. The van der Waals surface area contributed by atoms with E-state index in [2.05, 4.69) is 39.1 Å². The highest BCUT2D eigenvalue weighted by Gasteiger charge is 2.57. The van der Waals surface area contributed by atoms with Crippen LogP contribution in [0, 0.1) is 17.3 Å². The Morgan fingerprint density at radius 1 is 1.04 bits per heavy atom. The maximum absolute atomic E-state index is 13.5. The van der Waals surface area contributed by atoms with Crippen LogP contribution in [0.3, 0.4) is 0 Å². The van der Waals surface area contributed by atoms with Crippen LogP contribution >= 0.6 is 0 Å². The summed E-state index contributed by atoms with van der Waals surface area (Å²) in [5.74, 6) is -1.93. The summed E-state index contributed by atoms with van der Waals surface area (Å²) < 4.78 is 46.8. The number of methoxy groups -OCH3 is 4. The highest BCUT2D eigenvalue weighted by atomic mass is 16.7. The normalized spacial score (nSPS) is 36.2. The number of aliphatic hydroxyl groups is 1. The molecule has 3 fully saturated rings. The molecular formula is C33H57NO11. The first-order valence-electron chi connectivity index (χ1n) is 16.2. The van der Waals surface area contributed by atoms with Gasteiger partial charge in [-0.05, 0) is 38.0 Å². The number of nitrogens with one attached hydrogen (secondary N) is 1. The van der Waals surface area contributed by atoms with Gasteiger partial charge in [0.2, 0.25) is 5.79 Å². The fourth-order valence-corrected chi connectivity index (χ4v) is 6.78. The average Bonchev–Trinajstić information content (AvgIpc) is 3.01. The number of hydrogen-bond donors (Lipinski definition) is 2. The molecule has 3 aliphatic heterocycles. The van der Waals surface area contributed by atoms with Gasteiger partial charge in [-0.3, -0.25) is 9.59 Å². The Bertz CT molecular complexity index is 962. The third-order valence-corrected chi connectivity index (χ3v) is 10.1. The monoisotopic (exact) mass is 643 g/mol. The predicted molar refractivity (Wildman–Crippen MR) is 165 cm³/mol. The zero-order valence-corrected chi connectivity index (χ0v) is 28.6. The molecule has 45 heavy (non-hydrogen) atoms. The lowest BCUT2D eigenvalue weighted by Gasteiger charge is -2.54. The summed E-state index contributed by atoms with van der Waals surface area (Å²) in [6.07, 6.45) is 4.13. The van der Waals surface area contributed by atoms with Crippen molar-refractivity contribution in [1.29, 1.82) is 0 Å². The number of esters is 1. The smallest absolute Gasteiger partial charge is 0.305 e. The molecule has 0 radical (unpaired) electrons. The van der Waals surface area contributed by atoms with Gasteiger partial charge < -0.3 is 48.3 Å². The Hall–Kier alpha value is -1.64. The van der Waals surface area contributed by atoms with Gasteiger partial charge in [-0.2, -0.15) is 0 Å². The molecule has 0 aromatic rings. The third kappa shape index (κ3) is 9.04. The van der Waals surface area contributed by atoms with Crippen molar-refractivity contribution < 1.29 is 52.6 Å². The highest BCUT2D eigenvalue weighted by molar-refractivity contribution is 5.82. The van der Waals surface area contributed by atoms with Crippen LogP contribution in [0.15, 0.2) is 12.2 Å². The van der Waals surface area contributed by atoms with Crippen LogP contribution < -0.4 is 5.32 Å². The van der Waals surface area contributed by atoms with E-state index in [1.807, 2.05) is 13.0 Å². The second-order valence-corrected chi connectivity index (χ2v) is 13.3. The van der Waals surface area contributed by atoms with Crippen LogP contribution in [0.25, 0.3) is 0 Å². The summed E-state index contributed by atoms with van der Waals surface area (Å²) >= 11 is 0. The van der Waals surface area contributed by atoms with Crippen molar-refractivity contribution in [2.24, 2.45) is 17.3 Å². The standard InChI is InChI=1S/C33H57NO11/c1-20-18-33(41-9,45-22(3)21(20)2)28(36)30(37)34-31-27-26(42-19-43-31)29(40-8)32(4,5)24(44-27)17-23(38-6)15-13-11-10-12-14-16-25(35)39-7/h13,15,20-24,26-29,31,36H,10-12,14,16-19H2,1-9H3,(H,34,37)/b15-13+/t20?,21-,22-,23-,24-,26+,27+,28-,29-,31-,33-/m1/s1. The lowest BCUT2D eigenvalue weighted by molar-refractivity contribution is -0.334. The number of allylic oxidation sites excluding steroid dienone is 1. The second kappa shape index (κ2) is 17.0. The van der Waals surface area contributed by atoms with Crippen LogP contribution in [0.5, 0.6) is 0 Å². The van der Waals surface area contributed by atoms with Crippen LogP contribution in [0.1, 0.15) is 79.6 Å². The van der Waals surface area contributed by atoms with Crippen molar-refractivity contribution in [3.63, 3.8) is 0 Å². The number of fused-ring (bicyclic) bond motifs is 1. The molecule has 11 atom stereocenters. The number of ether oxygens (including phenoxy) is 8. The zero-order valence-electron chi connectivity index (χ0n) is 28.6. The largest absolute Gasteiger partial charge is 0.469 e. The third-order valence-electron chi connectivity index (χ3n) is 10.1. The Morgan fingerprint density at radius 3 is 2.40 bits per heavy atom. The number of amides is 1. The first kappa shape index (κ1) is 37.8. The molecule has 3 saturated heterocycles. The molecule has 3 rings (SSSR count). The zero-order chi connectivity index (χ0) is 33.4. The molecule has 12 heteroatoms. The van der Waals surface area contributed by atoms with Crippen LogP contribution in [0.2, 0.25) is 0 Å². The van der Waals surface area contributed by atoms with Gasteiger partial charge in [0.1, 0.15) is 19.0 Å². The quantitative estimate of drug-likeness (QED) is 0.154. The Balaban J connectivity index is 1.68. The van der Waals surface area contributed by atoms with E-state index < -0.39 is 41.6 Å². The predicted octanol–water partition coefficient (Wildman–Crippen LogP) is 3.48. The second-order valence-electron chi connectivity index (χ2n) is 13.3. The number of aliphatic hydroxyl groups excluding tert-OH is 1. The minimum atomic E-state index is -1.60. The van der Waals surface area contributed by atoms with E-state index >= 15 is 0 Å². The summed E-state index contributed by atoms with van der Waals surface area (Å²) in [5, 5.41) is 14.1. The van der Waals surface area contributed by atoms with E-state index in [0.29, 0.717) is 19.3 Å². The fourth-order valence-electron chi connectivity index (χ4n) is 6.78. The molecule has 0 aliphatic carbocycles. The van der Waals surface area contributed by atoms with Gasteiger partial charge in [0.25, 0.3) is 5.91 Å². The SMILES string of the molecule is COC(=O)CCCCC/C=C/[C@H](C[C@H]1O[C@H]2[C@H](OCO[C@H]2NC(=O)[C@@H](O)[C@@]2(OC)CC(C)[C@@H](C)[C@@H](C)O2)[C@@H](OC)C1(C)C)OC. The summed E-state index contributed by atoms with van der Waals surface area (Å²) in [5.41, 5.74) is -0.473. The number of carbonyl (C=O) groups excluding carboxylic acids is 2. The lowest BCUT2D eigenvalue weighted by Crippen LogP contribution is -2.69. The summed E-state index contributed by atoms with van der Waals surface area (Å²) in [4.78, 5) is 24.8. The number of carbonyl (C=O) groups is 2. The summed E-state index contributed by atoms with van der Waals surface area (Å²) in [6.45, 7) is 10.1. The molecule has 1 amide bonds. The Labute approximate surface area is 268 Å². The van der Waals surface area contributed by atoms with Crippen LogP contribution in [-0.4, -0.2) is 107 Å². The Kier molecular flexibility index (Phi) is 14.3. The van der Waals surface area contributed by atoms with Crippen molar-refractivity contribution in [2.45, 2.75) is 134 Å². The fraction of sp³-hybridized carbons (Fsp3) is 0.879. The molecule has 260 valence electrons. The van der Waals surface area contributed by atoms with Crippen molar-refractivity contribution in [2.75, 3.05) is 35.2 Å². The van der Waals surface area contributed by atoms with Gasteiger partial charge in [-0.1, -0.05) is 46.3 Å². The Morgan fingerprint density at radius 2 is 1.78 bits per heavy atom. The molecular weight excluding hydrogens is 586 g/mol. The van der Waals surface area contributed by atoms with Gasteiger partial charge in [-0.15, -0.1) is 0 Å². The first-order valence-corrected chi connectivity index (χ1v) is 16.2. The van der Waals surface area contributed by atoms with Crippen molar-refractivity contribution in [3.8, 4) is 0 Å². The molecule has 0 bridgehead atoms. The molecule has 3 heterocycles. The molecule has 3 aliphatic rings. The van der Waals surface area contributed by atoms with Gasteiger partial charge in [0.05, 0.1) is 31.5 Å². The molecule has 12 nitrogen and oxygen atoms in total. The molecule has 0 spiro atoms. The van der Waals surface area contributed by atoms with Crippen molar-refractivity contribution >= 4 is 11.9 Å². The number of unbranched alkanes of at least 4 members (excludes halogenated alkanes) is 3. The van der Waals surface area contributed by atoms with Crippen molar-refractivity contribution in [1.82, 2.24) is 5.32 Å². The lowest BCUT2D eigenvalue weighted by atomic mass is 9.72. The van der Waals surface area contributed by atoms with E-state index in [1.54, 1.807) is 14.2 Å². The van der Waals surface area contributed by atoms with Crippen LogP contribution in [-0.2, 0) is 47.5 Å². The number of rotatable bonds is 15. The minimum Gasteiger partial charge on any atom is -0.469 e. The molecule has 0 aromatic heterocycles. The number of hydrogen-bond acceptors (Lipinski definition) is 11. The summed E-state index contributed by atoms with van der Waals surface area (Å²) in [6, 6.07) is 0. The van der Waals surface area contributed by atoms with Gasteiger partial charge in [0.15, 0.2) is 12.3 Å². The topological polar surface area (TPSA) is 140 Å². The average molecular weight is 644 g/mol. The van der Waals surface area contributed by atoms with E-state index in [-0.39, 0.29) is 49.0 Å². The highest BCUT2D eigenvalue weighted by Crippen LogP contribution is 2.44. The molecule has 1 unspecified atom stereocenters. The van der Waals surface area contributed by atoms with Gasteiger partial charge in [0, 0.05) is 46.0 Å². The van der Waals surface area contributed by atoms with E-state index in [4.69, 9.17) is 37.9 Å². The maximum Gasteiger partial charge on any atom is 0.305 e. The van der Waals surface area contributed by atoms with E-state index in [1.165, 1.54) is 14.2 Å². The minimum absolute atomic E-state index is 0.0766. The van der Waals surface area contributed by atoms with E-state index in [0.717, 1.165) is 25.7 Å². The first-order chi connectivity index (χ1) is 21.3. The van der Waals surface area contributed by atoms with Gasteiger partial charge in [-0.25, -0.2) is 0 Å². The van der Waals surface area contributed by atoms with E-state index in [9.17, 15) is 14.7 Å². The van der Waals surface area contributed by atoms with Gasteiger partial charge >= 0.3 is 5.97 Å². The maximum atomic E-state index is 13.5. The van der Waals surface area contributed by atoms with Crippen LogP contribution in [0.4, 0.5) is 0 Å².